The van der Waals surface area contributed by atoms with E-state index in [1.807, 2.05) is 26.8 Å². The first-order chi connectivity index (χ1) is 10.6. The van der Waals surface area contributed by atoms with Gasteiger partial charge in [0.25, 0.3) is 5.91 Å². The lowest BCUT2D eigenvalue weighted by atomic mass is 9.95. The van der Waals surface area contributed by atoms with E-state index < -0.39 is 5.41 Å². The SMILES string of the molecule is COc1cc(CNC(=O)C(C)(C)C)ccc1OCC(=O)N(C)C. The second kappa shape index (κ2) is 7.85. The Bertz CT molecular complexity index is 562. The Morgan fingerprint density at radius 1 is 1.17 bits per heavy atom. The van der Waals surface area contributed by atoms with Crippen LogP contribution in [0.4, 0.5) is 0 Å². The molecule has 0 aliphatic rings. The maximum absolute atomic E-state index is 11.9. The highest BCUT2D eigenvalue weighted by Crippen LogP contribution is 2.28. The minimum atomic E-state index is -0.431. The summed E-state index contributed by atoms with van der Waals surface area (Å²) in [5, 5.41) is 2.88. The minimum Gasteiger partial charge on any atom is -0.493 e. The van der Waals surface area contributed by atoms with E-state index in [1.165, 1.54) is 12.0 Å². The molecule has 0 heterocycles. The summed E-state index contributed by atoms with van der Waals surface area (Å²) in [5.41, 5.74) is 0.463. The number of benzene rings is 1. The highest BCUT2D eigenvalue weighted by Gasteiger charge is 2.20. The molecule has 128 valence electrons. The Labute approximate surface area is 137 Å². The van der Waals surface area contributed by atoms with Crippen LogP contribution in [-0.2, 0) is 16.1 Å². The van der Waals surface area contributed by atoms with E-state index in [9.17, 15) is 9.59 Å². The van der Waals surface area contributed by atoms with Crippen LogP contribution in [0.5, 0.6) is 11.5 Å². The quantitative estimate of drug-likeness (QED) is 0.867. The van der Waals surface area contributed by atoms with E-state index in [4.69, 9.17) is 9.47 Å². The summed E-state index contributed by atoms with van der Waals surface area (Å²) in [4.78, 5) is 24.9. The number of carbonyl (C=O) groups excluding carboxylic acids is 2. The first kappa shape index (κ1) is 18.8. The zero-order valence-corrected chi connectivity index (χ0v) is 14.7. The number of nitrogens with zero attached hydrogens (tertiary/aromatic N) is 1. The van der Waals surface area contributed by atoms with E-state index in [0.717, 1.165) is 5.56 Å². The van der Waals surface area contributed by atoms with Gasteiger partial charge in [-0.25, -0.2) is 0 Å². The molecule has 23 heavy (non-hydrogen) atoms. The van der Waals surface area contributed by atoms with Gasteiger partial charge in [0.05, 0.1) is 7.11 Å². The predicted molar refractivity (Wildman–Crippen MR) is 88.5 cm³/mol. The van der Waals surface area contributed by atoms with Crippen LogP contribution in [0.2, 0.25) is 0 Å². The van der Waals surface area contributed by atoms with Gasteiger partial charge in [-0.2, -0.15) is 0 Å². The molecule has 0 spiro atoms. The molecule has 2 amide bonds. The lowest BCUT2D eigenvalue weighted by Gasteiger charge is -2.18. The smallest absolute Gasteiger partial charge is 0.259 e. The molecule has 0 aromatic heterocycles. The normalized spacial score (nSPS) is 10.9. The maximum atomic E-state index is 11.9. The molecule has 0 fully saturated rings. The van der Waals surface area contributed by atoms with Crippen LogP contribution in [0.15, 0.2) is 18.2 Å². The largest absolute Gasteiger partial charge is 0.493 e. The molecule has 1 N–H and O–H groups in total. The number of hydrogen-bond acceptors (Lipinski definition) is 4. The fourth-order valence-corrected chi connectivity index (χ4v) is 1.66. The highest BCUT2D eigenvalue weighted by molar-refractivity contribution is 5.81. The van der Waals surface area contributed by atoms with E-state index in [-0.39, 0.29) is 18.4 Å². The number of methoxy groups -OCH3 is 1. The molecule has 0 unspecified atom stereocenters. The number of ether oxygens (including phenoxy) is 2. The number of hydrogen-bond donors (Lipinski definition) is 1. The standard InChI is InChI=1S/C17H26N2O4/c1-17(2,3)16(21)18-10-12-7-8-13(14(9-12)22-6)23-11-15(20)19(4)5/h7-9H,10-11H2,1-6H3,(H,18,21). The first-order valence-electron chi connectivity index (χ1n) is 7.43. The molecule has 6 nitrogen and oxygen atoms in total. The van der Waals surface area contributed by atoms with E-state index in [2.05, 4.69) is 5.32 Å². The zero-order valence-electron chi connectivity index (χ0n) is 14.7. The zero-order chi connectivity index (χ0) is 17.6. The van der Waals surface area contributed by atoms with Gasteiger partial charge in [-0.15, -0.1) is 0 Å². The third-order valence-corrected chi connectivity index (χ3v) is 3.21. The molecular formula is C17H26N2O4. The van der Waals surface area contributed by atoms with Crippen molar-refractivity contribution in [3.8, 4) is 11.5 Å². The van der Waals surface area contributed by atoms with Gasteiger partial charge in [-0.3, -0.25) is 9.59 Å². The van der Waals surface area contributed by atoms with Crippen LogP contribution in [-0.4, -0.2) is 44.5 Å². The molecule has 1 aromatic rings. The molecule has 0 atom stereocenters. The van der Waals surface area contributed by atoms with Gasteiger partial charge in [0.2, 0.25) is 5.91 Å². The van der Waals surface area contributed by atoms with Crippen LogP contribution >= 0.6 is 0 Å². The Morgan fingerprint density at radius 3 is 2.35 bits per heavy atom. The van der Waals surface area contributed by atoms with Crippen molar-refractivity contribution in [2.24, 2.45) is 5.41 Å². The van der Waals surface area contributed by atoms with Crippen LogP contribution < -0.4 is 14.8 Å². The van der Waals surface area contributed by atoms with E-state index >= 15 is 0 Å². The van der Waals surface area contributed by atoms with Crippen LogP contribution in [0.3, 0.4) is 0 Å². The average Bonchev–Trinajstić information content (AvgIpc) is 2.49. The summed E-state index contributed by atoms with van der Waals surface area (Å²) in [6.07, 6.45) is 0. The molecule has 0 radical (unpaired) electrons. The van der Waals surface area contributed by atoms with Gasteiger partial charge < -0.3 is 19.7 Å². The van der Waals surface area contributed by atoms with E-state index in [0.29, 0.717) is 18.0 Å². The van der Waals surface area contributed by atoms with Crippen LogP contribution in [0.25, 0.3) is 0 Å². The van der Waals surface area contributed by atoms with Crippen LogP contribution in [0, 0.1) is 5.41 Å². The van der Waals surface area contributed by atoms with Crippen LogP contribution in [0.1, 0.15) is 26.3 Å². The van der Waals surface area contributed by atoms with Gasteiger partial charge in [-0.1, -0.05) is 26.8 Å². The van der Waals surface area contributed by atoms with Crippen molar-refractivity contribution in [1.82, 2.24) is 10.2 Å². The minimum absolute atomic E-state index is 0.0200. The molecule has 0 saturated heterocycles. The van der Waals surface area contributed by atoms with Crippen molar-refractivity contribution in [1.29, 1.82) is 0 Å². The molecule has 6 heteroatoms. The van der Waals surface area contributed by atoms with Gasteiger partial charge in [0.1, 0.15) is 0 Å². The summed E-state index contributed by atoms with van der Waals surface area (Å²) in [7, 11) is 4.88. The summed E-state index contributed by atoms with van der Waals surface area (Å²) < 4.78 is 10.8. The Balaban J connectivity index is 2.72. The number of rotatable bonds is 6. The first-order valence-corrected chi connectivity index (χ1v) is 7.43. The summed E-state index contributed by atoms with van der Waals surface area (Å²) >= 11 is 0. The van der Waals surface area contributed by atoms with Crippen molar-refractivity contribution >= 4 is 11.8 Å². The fourth-order valence-electron chi connectivity index (χ4n) is 1.66. The van der Waals surface area contributed by atoms with Gasteiger partial charge >= 0.3 is 0 Å². The highest BCUT2D eigenvalue weighted by atomic mass is 16.5. The van der Waals surface area contributed by atoms with Crippen molar-refractivity contribution in [2.75, 3.05) is 27.8 Å². The molecular weight excluding hydrogens is 296 g/mol. The van der Waals surface area contributed by atoms with Crippen molar-refractivity contribution in [3.05, 3.63) is 23.8 Å². The Kier molecular flexibility index (Phi) is 6.42. The van der Waals surface area contributed by atoms with Crippen molar-refractivity contribution < 1.29 is 19.1 Å². The van der Waals surface area contributed by atoms with Crippen molar-refractivity contribution in [2.45, 2.75) is 27.3 Å². The third-order valence-electron chi connectivity index (χ3n) is 3.21. The van der Waals surface area contributed by atoms with Gasteiger partial charge in [0, 0.05) is 26.1 Å². The molecule has 1 aromatic carbocycles. The number of likely N-dealkylation sites (N-methyl/N-ethyl adjacent to an activating group) is 1. The Morgan fingerprint density at radius 2 is 1.83 bits per heavy atom. The molecule has 0 aliphatic heterocycles. The fraction of sp³-hybridized carbons (Fsp3) is 0.529. The number of carbonyl (C=O) groups is 2. The third kappa shape index (κ3) is 5.81. The summed E-state index contributed by atoms with van der Waals surface area (Å²) in [6, 6.07) is 5.36. The predicted octanol–water partition coefficient (Wildman–Crippen LogP) is 1.82. The lowest BCUT2D eigenvalue weighted by Crippen LogP contribution is -2.34. The molecule has 0 aliphatic carbocycles. The maximum Gasteiger partial charge on any atom is 0.259 e. The number of nitrogens with one attached hydrogen (secondary N) is 1. The van der Waals surface area contributed by atoms with Gasteiger partial charge in [0.15, 0.2) is 18.1 Å². The van der Waals surface area contributed by atoms with E-state index in [1.54, 1.807) is 26.2 Å². The second-order valence-electron chi connectivity index (χ2n) is 6.49. The van der Waals surface area contributed by atoms with Crippen molar-refractivity contribution in [3.63, 3.8) is 0 Å². The number of amides is 2. The molecule has 0 saturated carbocycles. The topological polar surface area (TPSA) is 67.9 Å². The van der Waals surface area contributed by atoms with Gasteiger partial charge in [-0.05, 0) is 17.7 Å². The lowest BCUT2D eigenvalue weighted by molar-refractivity contribution is -0.131. The Hall–Kier alpha value is -2.24. The second-order valence-corrected chi connectivity index (χ2v) is 6.49. The molecule has 0 bridgehead atoms. The molecule has 1 rings (SSSR count). The monoisotopic (exact) mass is 322 g/mol. The average molecular weight is 322 g/mol. The summed E-state index contributed by atoms with van der Waals surface area (Å²) in [6.45, 7) is 5.94. The summed E-state index contributed by atoms with van der Waals surface area (Å²) in [5.74, 6) is 0.870.